The van der Waals surface area contributed by atoms with E-state index < -0.39 is 11.9 Å². The molecule has 1 heterocycles. The molecule has 1 unspecified atom stereocenters. The summed E-state index contributed by atoms with van der Waals surface area (Å²) in [6, 6.07) is 17.9. The lowest BCUT2D eigenvalue weighted by Crippen LogP contribution is -2.48. The second-order valence-corrected chi connectivity index (χ2v) is 7.84. The molecule has 32 heavy (non-hydrogen) atoms. The van der Waals surface area contributed by atoms with Crippen LogP contribution in [0.3, 0.4) is 0 Å². The monoisotopic (exact) mass is 433 g/mol. The number of H-pyrrole nitrogens is 1. The van der Waals surface area contributed by atoms with E-state index in [9.17, 15) is 14.4 Å². The number of nitrogens with one attached hydrogen (secondary N) is 4. The van der Waals surface area contributed by atoms with Gasteiger partial charge in [0.15, 0.2) is 0 Å². The maximum absolute atomic E-state index is 12.5. The standard InChI is InChI=1S/C24H27N5O3/c1-16(2)14-20(24(32)28-21-12-13-26-29-21)27-22(30)15-25-23(31)19-10-8-18(9-11-19)17-6-4-3-5-7-17/h3-13,16,20H,14-15H2,1-2H3,(H,25,31)(H,27,30)(H2,26,28,29,32). The molecule has 0 aliphatic rings. The lowest BCUT2D eigenvalue weighted by molar-refractivity contribution is -0.126. The summed E-state index contributed by atoms with van der Waals surface area (Å²) < 4.78 is 0. The average molecular weight is 434 g/mol. The van der Waals surface area contributed by atoms with Gasteiger partial charge in [-0.15, -0.1) is 0 Å². The van der Waals surface area contributed by atoms with Gasteiger partial charge >= 0.3 is 0 Å². The molecule has 0 aliphatic carbocycles. The highest BCUT2D eigenvalue weighted by atomic mass is 16.2. The molecule has 0 spiro atoms. The predicted octanol–water partition coefficient (Wildman–Crippen LogP) is 2.98. The van der Waals surface area contributed by atoms with Crippen LogP contribution in [0, 0.1) is 5.92 Å². The molecule has 3 aromatic rings. The first kappa shape index (κ1) is 22.7. The van der Waals surface area contributed by atoms with E-state index in [2.05, 4.69) is 26.1 Å². The van der Waals surface area contributed by atoms with Crippen LogP contribution in [0.15, 0.2) is 66.9 Å². The van der Waals surface area contributed by atoms with Gasteiger partial charge in [-0.1, -0.05) is 56.3 Å². The number of amides is 3. The minimum Gasteiger partial charge on any atom is -0.343 e. The second kappa shape index (κ2) is 10.9. The Hall–Kier alpha value is -3.94. The van der Waals surface area contributed by atoms with Gasteiger partial charge in [0.05, 0.1) is 12.7 Å². The van der Waals surface area contributed by atoms with Gasteiger partial charge in [0.2, 0.25) is 11.8 Å². The van der Waals surface area contributed by atoms with E-state index in [4.69, 9.17) is 0 Å². The van der Waals surface area contributed by atoms with Crippen molar-refractivity contribution in [1.82, 2.24) is 20.8 Å². The molecule has 0 saturated carbocycles. The van der Waals surface area contributed by atoms with E-state index in [-0.39, 0.29) is 24.3 Å². The number of nitrogens with zero attached hydrogens (tertiary/aromatic N) is 1. The van der Waals surface area contributed by atoms with Crippen molar-refractivity contribution in [2.45, 2.75) is 26.3 Å². The van der Waals surface area contributed by atoms with E-state index in [1.54, 1.807) is 18.2 Å². The van der Waals surface area contributed by atoms with Gasteiger partial charge in [-0.25, -0.2) is 0 Å². The van der Waals surface area contributed by atoms with Crippen LogP contribution >= 0.6 is 0 Å². The van der Waals surface area contributed by atoms with Crippen LogP contribution in [0.1, 0.15) is 30.6 Å². The summed E-state index contributed by atoms with van der Waals surface area (Å²) in [5, 5.41) is 14.4. The van der Waals surface area contributed by atoms with Crippen molar-refractivity contribution >= 4 is 23.5 Å². The van der Waals surface area contributed by atoms with Crippen LogP contribution in [-0.4, -0.2) is 40.5 Å². The molecule has 0 fully saturated rings. The van der Waals surface area contributed by atoms with Gasteiger partial charge in [-0.05, 0) is 35.6 Å². The number of aromatic amines is 1. The average Bonchev–Trinajstić information content (AvgIpc) is 3.30. The van der Waals surface area contributed by atoms with Gasteiger partial charge in [0.1, 0.15) is 11.9 Å². The Bertz CT molecular complexity index is 1030. The first-order valence-electron chi connectivity index (χ1n) is 10.5. The largest absolute Gasteiger partial charge is 0.343 e. The predicted molar refractivity (Wildman–Crippen MR) is 123 cm³/mol. The Labute approximate surface area is 186 Å². The normalized spacial score (nSPS) is 11.6. The number of carbonyl (C=O) groups is 3. The number of anilines is 1. The molecule has 3 rings (SSSR count). The third-order valence-electron chi connectivity index (χ3n) is 4.78. The Kier molecular flexibility index (Phi) is 7.75. The summed E-state index contributed by atoms with van der Waals surface area (Å²) >= 11 is 0. The fourth-order valence-corrected chi connectivity index (χ4v) is 3.20. The number of benzene rings is 2. The minimum absolute atomic E-state index is 0.186. The van der Waals surface area contributed by atoms with Crippen LogP contribution in [-0.2, 0) is 9.59 Å². The number of hydrogen-bond donors (Lipinski definition) is 4. The Balaban J connectivity index is 1.53. The summed E-state index contributed by atoms with van der Waals surface area (Å²) in [6.07, 6.45) is 1.98. The number of aromatic nitrogens is 2. The maximum Gasteiger partial charge on any atom is 0.251 e. The van der Waals surface area contributed by atoms with E-state index in [0.29, 0.717) is 17.8 Å². The molecular formula is C24H27N5O3. The Morgan fingerprint density at radius 2 is 1.62 bits per heavy atom. The Morgan fingerprint density at radius 1 is 0.938 bits per heavy atom. The van der Waals surface area contributed by atoms with Crippen molar-refractivity contribution < 1.29 is 14.4 Å². The molecule has 0 bridgehead atoms. The fourth-order valence-electron chi connectivity index (χ4n) is 3.20. The first-order chi connectivity index (χ1) is 15.4. The van der Waals surface area contributed by atoms with Crippen molar-refractivity contribution in [3.05, 3.63) is 72.4 Å². The molecule has 166 valence electrons. The van der Waals surface area contributed by atoms with Crippen LogP contribution in [0.25, 0.3) is 11.1 Å². The molecule has 3 amide bonds. The van der Waals surface area contributed by atoms with Crippen molar-refractivity contribution in [1.29, 1.82) is 0 Å². The smallest absolute Gasteiger partial charge is 0.251 e. The zero-order valence-electron chi connectivity index (χ0n) is 18.1. The Morgan fingerprint density at radius 3 is 2.25 bits per heavy atom. The minimum atomic E-state index is -0.729. The molecule has 8 heteroatoms. The van der Waals surface area contributed by atoms with E-state index in [0.717, 1.165) is 11.1 Å². The summed E-state index contributed by atoms with van der Waals surface area (Å²) in [4.78, 5) is 37.3. The molecule has 0 radical (unpaired) electrons. The molecule has 0 saturated heterocycles. The molecule has 8 nitrogen and oxygen atoms in total. The zero-order valence-corrected chi connectivity index (χ0v) is 18.1. The zero-order chi connectivity index (χ0) is 22.9. The van der Waals surface area contributed by atoms with E-state index >= 15 is 0 Å². The molecular weight excluding hydrogens is 406 g/mol. The van der Waals surface area contributed by atoms with Gasteiger partial charge in [0.25, 0.3) is 5.91 Å². The third-order valence-corrected chi connectivity index (χ3v) is 4.78. The summed E-state index contributed by atoms with van der Waals surface area (Å²) in [7, 11) is 0. The second-order valence-electron chi connectivity index (χ2n) is 7.84. The maximum atomic E-state index is 12.5. The van der Waals surface area contributed by atoms with Crippen molar-refractivity contribution in [2.24, 2.45) is 5.92 Å². The lowest BCUT2D eigenvalue weighted by Gasteiger charge is -2.20. The molecule has 1 atom stereocenters. The van der Waals surface area contributed by atoms with Crippen LogP contribution in [0.2, 0.25) is 0 Å². The highest BCUT2D eigenvalue weighted by Crippen LogP contribution is 2.19. The van der Waals surface area contributed by atoms with Crippen LogP contribution in [0.4, 0.5) is 5.82 Å². The first-order valence-corrected chi connectivity index (χ1v) is 10.5. The van der Waals surface area contributed by atoms with E-state index in [1.165, 1.54) is 6.20 Å². The van der Waals surface area contributed by atoms with Crippen LogP contribution < -0.4 is 16.0 Å². The lowest BCUT2D eigenvalue weighted by atomic mass is 10.0. The van der Waals surface area contributed by atoms with Crippen molar-refractivity contribution in [3.63, 3.8) is 0 Å². The number of hydrogen-bond acceptors (Lipinski definition) is 4. The summed E-state index contributed by atoms with van der Waals surface area (Å²) in [6.45, 7) is 3.69. The highest BCUT2D eigenvalue weighted by Gasteiger charge is 2.22. The van der Waals surface area contributed by atoms with Gasteiger partial charge in [-0.3, -0.25) is 19.5 Å². The summed E-state index contributed by atoms with van der Waals surface area (Å²) in [5.74, 6) is -0.512. The molecule has 0 aliphatic heterocycles. The SMILES string of the molecule is CC(C)CC(NC(=O)CNC(=O)c1ccc(-c2ccccc2)cc1)C(=O)Nc1ccn[nH]1. The fraction of sp³-hybridized carbons (Fsp3) is 0.250. The molecule has 1 aromatic heterocycles. The van der Waals surface area contributed by atoms with Crippen molar-refractivity contribution in [2.75, 3.05) is 11.9 Å². The number of carbonyl (C=O) groups excluding carboxylic acids is 3. The van der Waals surface area contributed by atoms with E-state index in [1.807, 2.05) is 56.3 Å². The summed E-state index contributed by atoms with van der Waals surface area (Å²) in [5.41, 5.74) is 2.51. The van der Waals surface area contributed by atoms with Crippen molar-refractivity contribution in [3.8, 4) is 11.1 Å². The highest BCUT2D eigenvalue weighted by molar-refractivity contribution is 5.99. The number of rotatable bonds is 9. The molecule has 4 N–H and O–H groups in total. The van der Waals surface area contributed by atoms with Gasteiger partial charge in [0, 0.05) is 11.6 Å². The molecule has 2 aromatic carbocycles. The van der Waals surface area contributed by atoms with Gasteiger partial charge in [-0.2, -0.15) is 5.10 Å². The quantitative estimate of drug-likeness (QED) is 0.415. The topological polar surface area (TPSA) is 116 Å². The van der Waals surface area contributed by atoms with Gasteiger partial charge < -0.3 is 16.0 Å². The van der Waals surface area contributed by atoms with Crippen LogP contribution in [0.5, 0.6) is 0 Å². The third kappa shape index (κ3) is 6.53.